The van der Waals surface area contributed by atoms with Gasteiger partial charge in [0, 0.05) is 77.7 Å². The number of carbonyl (C=O) groups is 12. The van der Waals surface area contributed by atoms with Crippen LogP contribution in [0, 0.1) is 11.9 Å². The molecule has 0 spiro atoms. The fourth-order valence-electron chi connectivity index (χ4n) is 4.51. The first-order valence-corrected chi connectivity index (χ1v) is 23.7. The van der Waals surface area contributed by atoms with Gasteiger partial charge in [0.05, 0.1) is 12.3 Å². The number of aldehydes is 3. The van der Waals surface area contributed by atoms with Gasteiger partial charge in [-0.05, 0) is 77.1 Å². The Labute approximate surface area is 442 Å². The number of aliphatic hydroxyl groups is 2. The topological polar surface area (TPSA) is 479 Å². The first-order valence-electron chi connectivity index (χ1n) is 23.7. The van der Waals surface area contributed by atoms with Crippen LogP contribution >= 0.6 is 0 Å². The van der Waals surface area contributed by atoms with Crippen molar-refractivity contribution in [3.05, 3.63) is 29.8 Å². The molecule has 442 valence electrons. The third-order valence-corrected chi connectivity index (χ3v) is 7.68. The van der Waals surface area contributed by atoms with Gasteiger partial charge in [-0.3, -0.25) is 38.4 Å². The molecule has 1 aromatic rings. The van der Waals surface area contributed by atoms with Crippen molar-refractivity contribution < 1.29 is 92.6 Å². The number of rotatable bonds is 28. The Balaban J connectivity index is -0.0000000799. The number of carbonyl (C=O) groups excluding carboxylic acids is 8. The van der Waals surface area contributed by atoms with E-state index in [9.17, 15) is 43.1 Å². The number of halogens is 1. The molecule has 0 aliphatic carbocycles. The van der Waals surface area contributed by atoms with E-state index in [1.54, 1.807) is 13.8 Å². The Hall–Kier alpha value is -6.68. The Morgan fingerprint density at radius 1 is 0.707 bits per heavy atom. The van der Waals surface area contributed by atoms with Crippen LogP contribution in [-0.4, -0.2) is 163 Å². The number of amides is 4. The molecule has 1 rings (SSSR count). The number of nitrogens with two attached hydrogens (primary N) is 4. The Morgan fingerprint density at radius 3 is 1.49 bits per heavy atom. The van der Waals surface area contributed by atoms with Gasteiger partial charge in [-0.2, -0.15) is 4.39 Å². The lowest BCUT2D eigenvalue weighted by molar-refractivity contribution is -0.144. The summed E-state index contributed by atoms with van der Waals surface area (Å²) in [4.78, 5) is 121. The highest BCUT2D eigenvalue weighted by atomic mass is 19.1. The molecule has 0 saturated heterocycles. The monoisotopic (exact) mass is 1090 g/mol. The minimum atomic E-state index is -0.992. The van der Waals surface area contributed by atoms with E-state index in [1.165, 1.54) is 12.3 Å². The molecule has 0 bridgehead atoms. The molecule has 3 unspecified atom stereocenters. The molecular weight excluding hydrogens is 996 g/mol. The number of hydrogen-bond acceptors (Lipinski definition) is 18. The van der Waals surface area contributed by atoms with E-state index < -0.39 is 35.8 Å². The zero-order valence-corrected chi connectivity index (χ0v) is 45.5. The maximum absolute atomic E-state index is 12.8. The fraction of sp³-hybridized carbons (Fsp3) is 0.646. The van der Waals surface area contributed by atoms with Crippen LogP contribution < -0.4 is 38.9 Å². The van der Waals surface area contributed by atoms with Crippen molar-refractivity contribution in [2.24, 2.45) is 28.9 Å². The molecule has 1 heterocycles. The maximum Gasteiger partial charge on any atom is 0.308 e. The number of aliphatic carboxylic acids is 3. The molecule has 27 heteroatoms. The van der Waals surface area contributed by atoms with Gasteiger partial charge < -0.3 is 88.7 Å². The summed E-state index contributed by atoms with van der Waals surface area (Å²) in [6.07, 6.45) is 15.2. The lowest BCUT2D eigenvalue weighted by Crippen LogP contribution is -2.44. The van der Waals surface area contributed by atoms with Crippen LogP contribution in [0.15, 0.2) is 18.3 Å². The highest BCUT2D eigenvalue weighted by Crippen LogP contribution is 2.18. The highest BCUT2D eigenvalue weighted by Gasteiger charge is 2.28. The number of nitrogens with one attached hydrogen (secondary N) is 3. The van der Waals surface area contributed by atoms with Gasteiger partial charge >= 0.3 is 17.9 Å². The van der Waals surface area contributed by atoms with E-state index in [4.69, 9.17) is 55.2 Å². The van der Waals surface area contributed by atoms with Crippen LogP contribution in [0.25, 0.3) is 0 Å². The average molecular weight is 1090 g/mol. The van der Waals surface area contributed by atoms with Crippen molar-refractivity contribution in [1.29, 1.82) is 0 Å². The zero-order chi connectivity index (χ0) is 61.1. The second-order valence-corrected chi connectivity index (χ2v) is 13.3. The van der Waals surface area contributed by atoms with Crippen molar-refractivity contribution in [2.75, 3.05) is 40.9 Å². The van der Waals surface area contributed by atoms with E-state index in [0.717, 1.165) is 91.0 Å². The predicted octanol–water partition coefficient (Wildman–Crippen LogP) is 1.55. The molecule has 0 saturated carbocycles. The van der Waals surface area contributed by atoms with Gasteiger partial charge in [0.1, 0.15) is 25.6 Å². The van der Waals surface area contributed by atoms with Crippen LogP contribution in [0.4, 0.5) is 4.39 Å². The van der Waals surface area contributed by atoms with Gasteiger partial charge in [-0.1, -0.05) is 59.4 Å². The summed E-state index contributed by atoms with van der Waals surface area (Å²) in [5.74, 6) is -4.11. The third kappa shape index (κ3) is 113. The molecule has 0 fully saturated rings. The zero-order valence-electron chi connectivity index (χ0n) is 45.5. The number of carboxylic acid groups (broad SMARTS) is 4. The van der Waals surface area contributed by atoms with E-state index in [2.05, 4.69) is 38.1 Å². The first-order chi connectivity index (χ1) is 35.8. The van der Waals surface area contributed by atoms with Crippen molar-refractivity contribution in [1.82, 2.24) is 20.9 Å². The molecule has 0 radical (unpaired) electrons. The molecule has 0 aliphatic heterocycles. The van der Waals surface area contributed by atoms with E-state index in [1.807, 2.05) is 34.6 Å². The van der Waals surface area contributed by atoms with Gasteiger partial charge in [0.2, 0.25) is 30.6 Å². The molecule has 0 aliphatic rings. The molecule has 1 aromatic heterocycles. The quantitative estimate of drug-likeness (QED) is 0.0321. The molecule has 3 atom stereocenters. The minimum Gasteiger partial charge on any atom is -0.483 e. The summed E-state index contributed by atoms with van der Waals surface area (Å²) in [6, 6.07) is 2.24. The van der Waals surface area contributed by atoms with Crippen LogP contribution in [0.3, 0.4) is 0 Å². The SMILES string of the molecule is C=O.CC.CC(N)CCCCNC(=O)CCCCCCC=O.CCC(=O)O.CCC(=O)O.CNCCCCC(C(=O)O)C(CCC=O)NC(=O)Cc1ccc(F)nc1.CO.CO.NC=O.NC=O.NCC=O.O=CO. The normalized spacial score (nSPS) is 9.51. The van der Waals surface area contributed by atoms with Crippen LogP contribution in [0.5, 0.6) is 0 Å². The molecule has 26 nitrogen and oxygen atoms in total. The Kier molecular flexibility index (Phi) is 117. The van der Waals surface area contributed by atoms with Gasteiger partial charge in [0.25, 0.3) is 6.47 Å². The second-order valence-electron chi connectivity index (χ2n) is 13.3. The molecule has 17 N–H and O–H groups in total. The first kappa shape index (κ1) is 94.2. The predicted molar refractivity (Wildman–Crippen MR) is 283 cm³/mol. The molecule has 0 aromatic carbocycles. The third-order valence-electron chi connectivity index (χ3n) is 7.68. The summed E-state index contributed by atoms with van der Waals surface area (Å²) in [6.45, 7) is 12.6. The minimum absolute atomic E-state index is 0.0308. The smallest absolute Gasteiger partial charge is 0.308 e. The van der Waals surface area contributed by atoms with E-state index >= 15 is 0 Å². The van der Waals surface area contributed by atoms with Crippen molar-refractivity contribution in [3.8, 4) is 0 Å². The molecule has 75 heavy (non-hydrogen) atoms. The van der Waals surface area contributed by atoms with Gasteiger partial charge in [-0.25, -0.2) is 4.98 Å². The summed E-state index contributed by atoms with van der Waals surface area (Å²) in [5.41, 5.74) is 19.2. The number of aliphatic hydroxyl groups excluding tert-OH is 2. The van der Waals surface area contributed by atoms with E-state index in [0.29, 0.717) is 43.8 Å². The Morgan fingerprint density at radius 2 is 1.13 bits per heavy atom. The fourth-order valence-corrected chi connectivity index (χ4v) is 4.51. The number of pyridine rings is 1. The van der Waals surface area contributed by atoms with Crippen molar-refractivity contribution in [2.45, 2.75) is 156 Å². The number of nitrogens with zero attached hydrogens (tertiary/aromatic N) is 1. The standard InChI is InChI=1S/C18H26FN3O4.C14H28N2O2.2C3H6O2.C2H5NO.C2H6.2CH3NO.CH2O2.2CH4O.CH2O/c1-20-9-3-2-5-14(18(25)26)15(6-4-10-23)22-17(24)11-13-7-8-16(19)21-12-13;1-13(15)9-6-7-11-16-14(18)10-5-3-2-4-8-12-17;2*1-2-3(4)5;3-1-2-4;1-2;3*2-1-3;3*1-2/h7-8,10,12,14-15,20H,2-6,9,11H2,1H3,(H,22,24)(H,25,26);12-13H,2-11,15H2,1H3,(H,16,18);2*2H2,1H3,(H,4,5);2H,1,3H2;1-2H3;2*1H,(H2,2,3);1H,(H,2,3);2*2H,1H3;1H2. The number of hydrogen-bond donors (Lipinski definition) is 13. The molecular formula is C48H95FN8O18. The van der Waals surface area contributed by atoms with Crippen molar-refractivity contribution in [3.63, 3.8) is 0 Å². The molecule has 4 amide bonds. The van der Waals surface area contributed by atoms with Gasteiger partial charge in [-0.15, -0.1) is 0 Å². The number of aromatic nitrogens is 1. The summed E-state index contributed by atoms with van der Waals surface area (Å²) >= 11 is 0. The van der Waals surface area contributed by atoms with Gasteiger partial charge in [0.15, 0.2) is 0 Å². The lowest BCUT2D eigenvalue weighted by Gasteiger charge is -2.25. The lowest BCUT2D eigenvalue weighted by atomic mass is 9.90. The summed E-state index contributed by atoms with van der Waals surface area (Å²) < 4.78 is 12.8. The highest BCUT2D eigenvalue weighted by molar-refractivity contribution is 5.80. The summed E-state index contributed by atoms with van der Waals surface area (Å²) in [5, 5.41) is 54.5. The maximum atomic E-state index is 12.8. The summed E-state index contributed by atoms with van der Waals surface area (Å²) in [7, 11) is 3.83. The van der Waals surface area contributed by atoms with E-state index in [-0.39, 0.29) is 75.8 Å². The Bertz CT molecular complexity index is 1380. The number of carboxylic acids is 3. The van der Waals surface area contributed by atoms with Crippen LogP contribution in [0.2, 0.25) is 0 Å². The largest absolute Gasteiger partial charge is 0.483 e. The average Bonchev–Trinajstić information content (AvgIpc) is 3.40. The number of primary amides is 2. The van der Waals surface area contributed by atoms with Crippen LogP contribution in [0.1, 0.15) is 143 Å². The number of unbranched alkanes of at least 4 members (excludes halogenated alkanes) is 6. The van der Waals surface area contributed by atoms with Crippen LogP contribution in [-0.2, 0) is 64.0 Å². The van der Waals surface area contributed by atoms with Crippen molar-refractivity contribution >= 4 is 74.7 Å². The second kappa shape index (κ2) is 93.3.